The molecule has 1 saturated carbocycles. The number of halogens is 1. The van der Waals surface area contributed by atoms with Gasteiger partial charge in [-0.05, 0) is 56.8 Å². The van der Waals surface area contributed by atoms with E-state index in [1.165, 1.54) is 6.07 Å². The molecule has 1 fully saturated rings. The highest BCUT2D eigenvalue weighted by molar-refractivity contribution is 5.29. The van der Waals surface area contributed by atoms with Crippen LogP contribution in [0.15, 0.2) is 18.2 Å². The van der Waals surface area contributed by atoms with Crippen molar-refractivity contribution in [1.29, 1.82) is 5.26 Å². The lowest BCUT2D eigenvalue weighted by Crippen LogP contribution is -2.45. The van der Waals surface area contributed by atoms with Crippen molar-refractivity contribution in [2.24, 2.45) is 5.92 Å². The van der Waals surface area contributed by atoms with E-state index in [0.29, 0.717) is 12.4 Å². The SMILES string of the molecule is CNC1(C#N)CCCC1CCOc1cc(C)ccc1F. The van der Waals surface area contributed by atoms with Crippen LogP contribution in [0.4, 0.5) is 4.39 Å². The van der Waals surface area contributed by atoms with Crippen LogP contribution in [0.2, 0.25) is 0 Å². The van der Waals surface area contributed by atoms with Gasteiger partial charge in [-0.3, -0.25) is 0 Å². The zero-order chi connectivity index (χ0) is 14.6. The first-order chi connectivity index (χ1) is 9.61. The summed E-state index contributed by atoms with van der Waals surface area (Å²) in [5.74, 6) is 0.238. The van der Waals surface area contributed by atoms with E-state index in [0.717, 1.165) is 31.2 Å². The molecule has 0 amide bonds. The van der Waals surface area contributed by atoms with E-state index in [1.54, 1.807) is 12.1 Å². The number of rotatable bonds is 5. The smallest absolute Gasteiger partial charge is 0.165 e. The van der Waals surface area contributed by atoms with Gasteiger partial charge in [-0.15, -0.1) is 0 Å². The topological polar surface area (TPSA) is 45.0 Å². The molecule has 0 spiro atoms. The fourth-order valence-corrected chi connectivity index (χ4v) is 3.03. The third-order valence-electron chi connectivity index (χ3n) is 4.28. The molecule has 3 nitrogen and oxygen atoms in total. The van der Waals surface area contributed by atoms with Crippen molar-refractivity contribution in [3.8, 4) is 11.8 Å². The Balaban J connectivity index is 1.93. The zero-order valence-electron chi connectivity index (χ0n) is 12.1. The molecule has 0 aliphatic heterocycles. The van der Waals surface area contributed by atoms with Crippen molar-refractivity contribution in [2.45, 2.75) is 38.1 Å². The van der Waals surface area contributed by atoms with Crippen molar-refractivity contribution >= 4 is 0 Å². The summed E-state index contributed by atoms with van der Waals surface area (Å²) in [6.45, 7) is 2.35. The summed E-state index contributed by atoms with van der Waals surface area (Å²) >= 11 is 0. The quantitative estimate of drug-likeness (QED) is 0.898. The van der Waals surface area contributed by atoms with E-state index in [1.807, 2.05) is 14.0 Å². The fraction of sp³-hybridized carbons (Fsp3) is 0.562. The van der Waals surface area contributed by atoms with Gasteiger partial charge in [0, 0.05) is 0 Å². The van der Waals surface area contributed by atoms with Crippen LogP contribution in [-0.4, -0.2) is 19.2 Å². The maximum absolute atomic E-state index is 13.6. The number of nitrogens with one attached hydrogen (secondary N) is 1. The third kappa shape index (κ3) is 2.94. The molecule has 20 heavy (non-hydrogen) atoms. The lowest BCUT2D eigenvalue weighted by molar-refractivity contribution is 0.233. The van der Waals surface area contributed by atoms with Crippen LogP contribution in [0.5, 0.6) is 5.75 Å². The van der Waals surface area contributed by atoms with Gasteiger partial charge < -0.3 is 10.1 Å². The van der Waals surface area contributed by atoms with Crippen molar-refractivity contribution < 1.29 is 9.13 Å². The van der Waals surface area contributed by atoms with E-state index < -0.39 is 5.54 Å². The van der Waals surface area contributed by atoms with Crippen molar-refractivity contribution in [3.63, 3.8) is 0 Å². The summed E-state index contributed by atoms with van der Waals surface area (Å²) in [4.78, 5) is 0. The van der Waals surface area contributed by atoms with Crippen molar-refractivity contribution in [1.82, 2.24) is 5.32 Å². The van der Waals surface area contributed by atoms with Crippen LogP contribution in [0, 0.1) is 30.0 Å². The van der Waals surface area contributed by atoms with Crippen LogP contribution in [0.3, 0.4) is 0 Å². The van der Waals surface area contributed by atoms with Gasteiger partial charge in [0.15, 0.2) is 11.6 Å². The highest BCUT2D eigenvalue weighted by Crippen LogP contribution is 2.37. The number of ether oxygens (including phenoxy) is 1. The summed E-state index contributed by atoms with van der Waals surface area (Å²) in [6.07, 6.45) is 3.72. The second-order valence-electron chi connectivity index (χ2n) is 5.49. The molecule has 0 heterocycles. The van der Waals surface area contributed by atoms with Crippen LogP contribution >= 0.6 is 0 Å². The highest BCUT2D eigenvalue weighted by Gasteiger charge is 2.41. The minimum Gasteiger partial charge on any atom is -0.490 e. The van der Waals surface area contributed by atoms with Gasteiger partial charge in [0.05, 0.1) is 12.7 Å². The minimum atomic E-state index is -0.436. The highest BCUT2D eigenvalue weighted by atomic mass is 19.1. The number of benzene rings is 1. The van der Waals surface area contributed by atoms with Crippen molar-refractivity contribution in [3.05, 3.63) is 29.6 Å². The predicted octanol–water partition coefficient (Wildman–Crippen LogP) is 3.18. The van der Waals surface area contributed by atoms with Gasteiger partial charge in [-0.25, -0.2) is 4.39 Å². The largest absolute Gasteiger partial charge is 0.490 e. The Morgan fingerprint density at radius 1 is 1.55 bits per heavy atom. The number of hydrogen-bond donors (Lipinski definition) is 1. The lowest BCUT2D eigenvalue weighted by Gasteiger charge is -2.28. The maximum Gasteiger partial charge on any atom is 0.165 e. The molecule has 1 N–H and O–H groups in total. The Bertz CT molecular complexity index is 512. The average molecular weight is 276 g/mol. The summed E-state index contributed by atoms with van der Waals surface area (Å²) in [5, 5.41) is 12.5. The van der Waals surface area contributed by atoms with Gasteiger partial charge in [0.1, 0.15) is 5.54 Å². The first kappa shape index (κ1) is 14.8. The summed E-state index contributed by atoms with van der Waals surface area (Å²) in [6, 6.07) is 7.26. The molecule has 108 valence electrons. The molecule has 0 radical (unpaired) electrons. The molecule has 2 unspecified atom stereocenters. The Morgan fingerprint density at radius 2 is 2.35 bits per heavy atom. The fourth-order valence-electron chi connectivity index (χ4n) is 3.03. The molecule has 2 rings (SSSR count). The van der Waals surface area contributed by atoms with Gasteiger partial charge in [0.25, 0.3) is 0 Å². The van der Waals surface area contributed by atoms with Gasteiger partial charge in [-0.1, -0.05) is 12.5 Å². The van der Waals surface area contributed by atoms with Crippen molar-refractivity contribution in [2.75, 3.05) is 13.7 Å². The van der Waals surface area contributed by atoms with Crippen LogP contribution < -0.4 is 10.1 Å². The second-order valence-corrected chi connectivity index (χ2v) is 5.49. The van der Waals surface area contributed by atoms with Gasteiger partial charge in [0.2, 0.25) is 0 Å². The zero-order valence-corrected chi connectivity index (χ0v) is 12.1. The molecule has 1 aliphatic rings. The molecule has 1 aromatic rings. The Morgan fingerprint density at radius 3 is 3.05 bits per heavy atom. The van der Waals surface area contributed by atoms with Gasteiger partial charge in [-0.2, -0.15) is 5.26 Å². The number of hydrogen-bond acceptors (Lipinski definition) is 3. The first-order valence-corrected chi connectivity index (χ1v) is 7.10. The second kappa shape index (κ2) is 6.23. The molecular formula is C16H21FN2O. The minimum absolute atomic E-state index is 0.269. The van der Waals surface area contributed by atoms with Crippen LogP contribution in [-0.2, 0) is 0 Å². The summed E-state index contributed by atoms with van der Waals surface area (Å²) in [5.41, 5.74) is 0.540. The molecule has 1 aromatic carbocycles. The lowest BCUT2D eigenvalue weighted by atomic mass is 9.86. The molecule has 4 heteroatoms. The summed E-state index contributed by atoms with van der Waals surface area (Å²) in [7, 11) is 1.84. The Labute approximate surface area is 119 Å². The van der Waals surface area contributed by atoms with Crippen LogP contribution in [0.25, 0.3) is 0 Å². The molecule has 0 saturated heterocycles. The van der Waals surface area contributed by atoms with E-state index in [9.17, 15) is 9.65 Å². The molecular weight excluding hydrogens is 255 g/mol. The summed E-state index contributed by atoms with van der Waals surface area (Å²) < 4.78 is 19.1. The van der Waals surface area contributed by atoms with E-state index in [4.69, 9.17) is 4.74 Å². The molecule has 0 aromatic heterocycles. The normalized spacial score (nSPS) is 25.4. The predicted molar refractivity (Wildman–Crippen MR) is 76.0 cm³/mol. The standard InChI is InChI=1S/C16H21FN2O/c1-12-5-6-14(17)15(10-12)20-9-7-13-4-3-8-16(13,11-18)19-2/h5-6,10,13,19H,3-4,7-9H2,1-2H3. The van der Waals surface area contributed by atoms with Gasteiger partial charge >= 0.3 is 0 Å². The average Bonchev–Trinajstić information content (AvgIpc) is 2.86. The molecule has 0 bridgehead atoms. The monoisotopic (exact) mass is 276 g/mol. The Hall–Kier alpha value is -1.60. The maximum atomic E-state index is 13.6. The van der Waals surface area contributed by atoms with E-state index >= 15 is 0 Å². The number of nitriles is 1. The van der Waals surface area contributed by atoms with Crippen LogP contribution in [0.1, 0.15) is 31.2 Å². The Kier molecular flexibility index (Phi) is 4.61. The molecule has 2 atom stereocenters. The third-order valence-corrected chi connectivity index (χ3v) is 4.28. The number of nitrogens with zero attached hydrogens (tertiary/aromatic N) is 1. The molecule has 1 aliphatic carbocycles. The van der Waals surface area contributed by atoms with E-state index in [2.05, 4.69) is 11.4 Å². The first-order valence-electron chi connectivity index (χ1n) is 7.10. The van der Waals surface area contributed by atoms with E-state index in [-0.39, 0.29) is 11.7 Å². The number of aryl methyl sites for hydroxylation is 1.